The van der Waals surface area contributed by atoms with Crippen LogP contribution in [0.2, 0.25) is 0 Å². The van der Waals surface area contributed by atoms with Gasteiger partial charge in [-0.3, -0.25) is 9.59 Å². The highest BCUT2D eigenvalue weighted by molar-refractivity contribution is 5.93. The van der Waals surface area contributed by atoms with E-state index in [4.69, 9.17) is 14.6 Å². The van der Waals surface area contributed by atoms with Gasteiger partial charge in [0.25, 0.3) is 0 Å². The summed E-state index contributed by atoms with van der Waals surface area (Å²) in [5, 5.41) is 11.0. The van der Waals surface area contributed by atoms with E-state index in [0.29, 0.717) is 31.2 Å². The number of aryl methyl sites for hydroxylation is 2. The Bertz CT molecular complexity index is 1900. The third-order valence-corrected chi connectivity index (χ3v) is 8.00. The molecular formula is C41H46F6N2O7. The number of nitrogens with one attached hydrogen (secondary N) is 1. The van der Waals surface area contributed by atoms with Crippen molar-refractivity contribution in [2.45, 2.75) is 72.9 Å². The Morgan fingerprint density at radius 2 is 1.11 bits per heavy atom. The number of rotatable bonds is 10. The average molecular weight is 793 g/mol. The standard InChI is InChI=1S/C19H16F3NO3.C10H11NO2.C9H7F3O2.3CH4/c20-15-10-17(22)16(21)9-13(15)6-7-18(24)23-14(11-26-19(23)25)8-12-4-2-1-3-5-12;12-10-11-9(7-13-10)6-8-4-2-1-3-5-8;10-6-4-8(12)7(11)3-5(6)1-2-9(13)14;;;/h1-5,9-10,14H,6-8,11H2;1-5,9H,6-7H2,(H,11,12);3-4H,1-2H2,(H,13,14);3*1H4/t14-;9-;;;;/m00..../s1. The fourth-order valence-corrected chi connectivity index (χ4v) is 5.35. The van der Waals surface area contributed by atoms with Crippen LogP contribution < -0.4 is 5.32 Å². The minimum absolute atomic E-state index is 0. The van der Waals surface area contributed by atoms with E-state index in [0.717, 1.165) is 23.0 Å². The lowest BCUT2D eigenvalue weighted by molar-refractivity contribution is -0.137. The number of carbonyl (C=O) groups excluding carboxylic acids is 3. The number of carboxylic acids is 1. The number of carbonyl (C=O) groups is 4. The highest BCUT2D eigenvalue weighted by Crippen LogP contribution is 2.21. The Balaban J connectivity index is 0.000000446. The van der Waals surface area contributed by atoms with E-state index in [1.807, 2.05) is 60.7 Å². The molecule has 56 heavy (non-hydrogen) atoms. The lowest BCUT2D eigenvalue weighted by Crippen LogP contribution is -2.40. The summed E-state index contributed by atoms with van der Waals surface area (Å²) in [6.45, 7) is 0.562. The van der Waals surface area contributed by atoms with Crippen LogP contribution in [0.4, 0.5) is 35.9 Å². The van der Waals surface area contributed by atoms with Gasteiger partial charge in [0.2, 0.25) is 5.91 Å². The Morgan fingerprint density at radius 1 is 0.643 bits per heavy atom. The molecule has 4 aromatic rings. The number of halogens is 6. The number of benzene rings is 4. The van der Waals surface area contributed by atoms with Crippen LogP contribution in [0.3, 0.4) is 0 Å². The van der Waals surface area contributed by atoms with Crippen molar-refractivity contribution in [3.8, 4) is 0 Å². The zero-order chi connectivity index (χ0) is 38.5. The molecule has 2 heterocycles. The molecule has 0 aliphatic carbocycles. The number of aliphatic carboxylic acids is 1. The summed E-state index contributed by atoms with van der Waals surface area (Å²) in [5.41, 5.74) is 1.91. The molecule has 0 bridgehead atoms. The largest absolute Gasteiger partial charge is 0.481 e. The zero-order valence-corrected chi connectivity index (χ0v) is 28.0. The molecule has 0 saturated carbocycles. The number of carboxylic acid groups (broad SMARTS) is 1. The number of cyclic esters (lactones) is 2. The molecule has 2 fully saturated rings. The molecule has 0 radical (unpaired) electrons. The first-order valence-corrected chi connectivity index (χ1v) is 16.3. The van der Waals surface area contributed by atoms with E-state index in [2.05, 4.69) is 5.32 Å². The summed E-state index contributed by atoms with van der Waals surface area (Å²) >= 11 is 0. The van der Waals surface area contributed by atoms with Gasteiger partial charge < -0.3 is 19.9 Å². The van der Waals surface area contributed by atoms with Crippen molar-refractivity contribution in [2.75, 3.05) is 13.2 Å². The molecule has 2 N–H and O–H groups in total. The highest BCUT2D eigenvalue weighted by atomic mass is 19.2. The second-order valence-electron chi connectivity index (χ2n) is 11.9. The van der Waals surface area contributed by atoms with Gasteiger partial charge in [0.1, 0.15) is 24.8 Å². The van der Waals surface area contributed by atoms with Gasteiger partial charge in [0, 0.05) is 25.0 Å². The monoisotopic (exact) mass is 792 g/mol. The van der Waals surface area contributed by atoms with Crippen LogP contribution in [-0.4, -0.2) is 59.4 Å². The van der Waals surface area contributed by atoms with Crippen LogP contribution in [-0.2, 0) is 44.7 Å². The van der Waals surface area contributed by atoms with Crippen molar-refractivity contribution >= 4 is 24.1 Å². The minimum atomic E-state index is -1.29. The van der Waals surface area contributed by atoms with Gasteiger partial charge in [-0.2, -0.15) is 0 Å². The summed E-state index contributed by atoms with van der Waals surface area (Å²) in [5.74, 6) is -8.44. The molecule has 0 aromatic heterocycles. The van der Waals surface area contributed by atoms with Crippen LogP contribution in [0.5, 0.6) is 0 Å². The summed E-state index contributed by atoms with van der Waals surface area (Å²) in [7, 11) is 0. The van der Waals surface area contributed by atoms with Crippen LogP contribution in [0.1, 0.15) is 57.4 Å². The first-order valence-electron chi connectivity index (χ1n) is 16.3. The fourth-order valence-electron chi connectivity index (χ4n) is 5.35. The van der Waals surface area contributed by atoms with E-state index in [1.165, 1.54) is 5.56 Å². The second kappa shape index (κ2) is 23.1. The van der Waals surface area contributed by atoms with Gasteiger partial charge in [-0.25, -0.2) is 40.8 Å². The maximum absolute atomic E-state index is 13.7. The van der Waals surface area contributed by atoms with Crippen LogP contribution in [0.25, 0.3) is 0 Å². The Kier molecular flexibility index (Phi) is 19.9. The lowest BCUT2D eigenvalue weighted by atomic mass is 10.0. The molecule has 2 atom stereocenters. The predicted octanol–water partition coefficient (Wildman–Crippen LogP) is 8.99. The van der Waals surface area contributed by atoms with E-state index >= 15 is 0 Å². The molecule has 3 amide bonds. The lowest BCUT2D eigenvalue weighted by Gasteiger charge is -2.19. The van der Waals surface area contributed by atoms with Crippen molar-refractivity contribution in [3.05, 3.63) is 142 Å². The van der Waals surface area contributed by atoms with Crippen LogP contribution in [0, 0.1) is 34.9 Å². The maximum Gasteiger partial charge on any atom is 0.416 e. The Hall–Kier alpha value is -5.86. The highest BCUT2D eigenvalue weighted by Gasteiger charge is 2.37. The molecule has 4 aromatic carbocycles. The third-order valence-electron chi connectivity index (χ3n) is 8.00. The predicted molar refractivity (Wildman–Crippen MR) is 198 cm³/mol. The fraction of sp³-hybridized carbons (Fsp3) is 0.317. The van der Waals surface area contributed by atoms with Gasteiger partial charge in [0.05, 0.1) is 12.1 Å². The zero-order valence-electron chi connectivity index (χ0n) is 28.0. The number of amides is 3. The average Bonchev–Trinajstić information content (AvgIpc) is 3.71. The number of nitrogens with zero attached hydrogens (tertiary/aromatic N) is 1. The van der Waals surface area contributed by atoms with Gasteiger partial charge in [-0.05, 0) is 60.1 Å². The molecule has 0 unspecified atom stereocenters. The second-order valence-corrected chi connectivity index (χ2v) is 11.9. The van der Waals surface area contributed by atoms with E-state index in [1.54, 1.807) is 0 Å². The van der Waals surface area contributed by atoms with Crippen LogP contribution in [0.15, 0.2) is 84.9 Å². The number of hydrogen-bond acceptors (Lipinski definition) is 6. The number of ether oxygens (including phenoxy) is 2. The first kappa shape index (κ1) is 48.2. The molecule has 304 valence electrons. The Labute approximate surface area is 322 Å². The van der Waals surface area contributed by atoms with Crippen LogP contribution >= 0.6 is 0 Å². The SMILES string of the molecule is C.C.C.O=C(CCc1cc(F)c(F)cc1F)N1C(=O)OC[C@@H]1Cc1ccccc1.O=C(O)CCc1cc(F)c(F)cc1F.O=C1N[C@@H](Cc2ccccc2)CO1. The quantitative estimate of drug-likeness (QED) is 0.121. The summed E-state index contributed by atoms with van der Waals surface area (Å²) < 4.78 is 87.5. The topological polar surface area (TPSA) is 122 Å². The number of alkyl carbamates (subject to hydrolysis) is 1. The van der Waals surface area contributed by atoms with Crippen molar-refractivity contribution < 1.29 is 60.1 Å². The van der Waals surface area contributed by atoms with Gasteiger partial charge in [0.15, 0.2) is 23.3 Å². The summed E-state index contributed by atoms with van der Waals surface area (Å²) in [6.07, 6.45) is -0.612. The van der Waals surface area contributed by atoms with E-state index in [-0.39, 0.29) is 77.8 Å². The number of hydrogen-bond donors (Lipinski definition) is 2. The first-order chi connectivity index (χ1) is 25.3. The van der Waals surface area contributed by atoms with Gasteiger partial charge in [-0.15, -0.1) is 0 Å². The molecule has 2 aliphatic heterocycles. The van der Waals surface area contributed by atoms with E-state index in [9.17, 15) is 45.5 Å². The molecule has 2 aliphatic rings. The minimum Gasteiger partial charge on any atom is -0.481 e. The van der Waals surface area contributed by atoms with Crippen molar-refractivity contribution in [3.63, 3.8) is 0 Å². The van der Waals surface area contributed by atoms with Crippen molar-refractivity contribution in [1.29, 1.82) is 0 Å². The molecule has 0 spiro atoms. The third kappa shape index (κ3) is 14.4. The molecule has 15 heteroatoms. The normalized spacial score (nSPS) is 15.1. The molecule has 2 saturated heterocycles. The number of imide groups is 1. The maximum atomic E-state index is 13.7. The van der Waals surface area contributed by atoms with Crippen molar-refractivity contribution in [1.82, 2.24) is 10.2 Å². The Morgan fingerprint density at radius 3 is 1.57 bits per heavy atom. The smallest absolute Gasteiger partial charge is 0.416 e. The van der Waals surface area contributed by atoms with Crippen molar-refractivity contribution in [2.24, 2.45) is 0 Å². The molecular weight excluding hydrogens is 746 g/mol. The summed E-state index contributed by atoms with van der Waals surface area (Å²) in [6, 6.07) is 21.3. The summed E-state index contributed by atoms with van der Waals surface area (Å²) in [4.78, 5) is 46.2. The van der Waals surface area contributed by atoms with Gasteiger partial charge >= 0.3 is 18.2 Å². The molecule has 9 nitrogen and oxygen atoms in total. The van der Waals surface area contributed by atoms with Gasteiger partial charge in [-0.1, -0.05) is 82.9 Å². The van der Waals surface area contributed by atoms with E-state index < -0.39 is 58.9 Å². The molecule has 6 rings (SSSR count).